The number of hydrogen-bond donors (Lipinski definition) is 2. The van der Waals surface area contributed by atoms with Crippen molar-refractivity contribution in [2.75, 3.05) is 5.32 Å². The Morgan fingerprint density at radius 2 is 1.85 bits per heavy atom. The Kier molecular flexibility index (Phi) is 5.43. The van der Waals surface area contributed by atoms with Gasteiger partial charge in [0.2, 0.25) is 0 Å². The van der Waals surface area contributed by atoms with E-state index >= 15 is 0 Å². The summed E-state index contributed by atoms with van der Waals surface area (Å²) in [5.41, 5.74) is 1.81. The van der Waals surface area contributed by atoms with Crippen molar-refractivity contribution in [1.82, 2.24) is 14.9 Å². The Morgan fingerprint density at radius 1 is 1.08 bits per heavy atom. The highest BCUT2D eigenvalue weighted by atomic mass is 16.2. The maximum absolute atomic E-state index is 12.5. The number of hydrogen-bond acceptors (Lipinski definition) is 3. The fraction of sp³-hybridized carbons (Fsp3) is 0.150. The van der Waals surface area contributed by atoms with Gasteiger partial charge in [-0.2, -0.15) is 0 Å². The molecule has 0 aliphatic carbocycles. The molecular weight excluding hydrogens is 328 g/mol. The molecule has 132 valence electrons. The summed E-state index contributed by atoms with van der Waals surface area (Å²) in [6.45, 7) is 0. The van der Waals surface area contributed by atoms with Gasteiger partial charge >= 0.3 is 6.03 Å². The third-order valence-electron chi connectivity index (χ3n) is 4.02. The lowest BCUT2D eigenvalue weighted by atomic mass is 10.0. The first-order valence-electron chi connectivity index (χ1n) is 8.31. The summed E-state index contributed by atoms with van der Waals surface area (Å²) < 4.78 is 1.41. The average Bonchev–Trinajstić information content (AvgIpc) is 2.66. The number of pyridine rings is 2. The van der Waals surface area contributed by atoms with E-state index in [0.29, 0.717) is 6.42 Å². The summed E-state index contributed by atoms with van der Waals surface area (Å²) in [5.74, 6) is 0. The number of amides is 2. The molecule has 1 atom stereocenters. The molecule has 3 aromatic rings. The second kappa shape index (κ2) is 8.11. The molecule has 6 heteroatoms. The predicted octanol–water partition coefficient (Wildman–Crippen LogP) is 2.89. The van der Waals surface area contributed by atoms with Crippen LogP contribution in [0.25, 0.3) is 0 Å². The normalized spacial score (nSPS) is 11.6. The maximum atomic E-state index is 12.5. The topological polar surface area (TPSA) is 76.0 Å². The van der Waals surface area contributed by atoms with Gasteiger partial charge in [0, 0.05) is 31.6 Å². The van der Waals surface area contributed by atoms with Crippen molar-refractivity contribution in [2.24, 2.45) is 7.05 Å². The number of aryl methyl sites for hydroxylation is 1. The minimum absolute atomic E-state index is 0.233. The van der Waals surface area contributed by atoms with E-state index in [2.05, 4.69) is 15.6 Å². The molecule has 6 nitrogen and oxygen atoms in total. The van der Waals surface area contributed by atoms with Crippen LogP contribution in [0.1, 0.15) is 17.3 Å². The first-order valence-corrected chi connectivity index (χ1v) is 8.31. The minimum atomic E-state index is -0.432. The molecule has 2 aromatic heterocycles. The molecule has 3 rings (SSSR count). The summed E-state index contributed by atoms with van der Waals surface area (Å²) in [6.07, 6.45) is 3.91. The largest absolute Gasteiger partial charge is 0.331 e. The van der Waals surface area contributed by atoms with Crippen LogP contribution in [0.2, 0.25) is 0 Å². The van der Waals surface area contributed by atoms with E-state index in [1.807, 2.05) is 48.5 Å². The van der Waals surface area contributed by atoms with Crippen LogP contribution in [0.4, 0.5) is 10.5 Å². The van der Waals surface area contributed by atoms with Crippen LogP contribution in [0, 0.1) is 0 Å². The van der Waals surface area contributed by atoms with E-state index in [1.54, 1.807) is 31.6 Å². The maximum Gasteiger partial charge on any atom is 0.319 e. The van der Waals surface area contributed by atoms with E-state index < -0.39 is 6.03 Å². The monoisotopic (exact) mass is 348 g/mol. The van der Waals surface area contributed by atoms with Gasteiger partial charge < -0.3 is 15.2 Å². The molecule has 0 saturated heterocycles. The van der Waals surface area contributed by atoms with E-state index in [-0.39, 0.29) is 17.3 Å². The van der Waals surface area contributed by atoms with Crippen molar-refractivity contribution in [2.45, 2.75) is 12.5 Å². The third kappa shape index (κ3) is 4.36. The third-order valence-corrected chi connectivity index (χ3v) is 4.02. The molecule has 0 bridgehead atoms. The minimum Gasteiger partial charge on any atom is -0.331 e. The number of nitrogens with zero attached hydrogens (tertiary/aromatic N) is 2. The van der Waals surface area contributed by atoms with Gasteiger partial charge in [0.05, 0.1) is 6.04 Å². The van der Waals surface area contributed by atoms with Crippen LogP contribution in [-0.4, -0.2) is 15.6 Å². The molecule has 0 spiro atoms. The van der Waals surface area contributed by atoms with Gasteiger partial charge in [-0.25, -0.2) is 4.79 Å². The first-order chi connectivity index (χ1) is 12.6. The summed E-state index contributed by atoms with van der Waals surface area (Å²) in [5, 5.41) is 5.57. The highest BCUT2D eigenvalue weighted by Gasteiger charge is 2.16. The van der Waals surface area contributed by atoms with Gasteiger partial charge in [-0.3, -0.25) is 9.78 Å². The second-order valence-electron chi connectivity index (χ2n) is 5.92. The van der Waals surface area contributed by atoms with Crippen LogP contribution in [-0.2, 0) is 13.5 Å². The van der Waals surface area contributed by atoms with Gasteiger partial charge in [0.25, 0.3) is 5.56 Å². The Balaban J connectivity index is 1.78. The quantitative estimate of drug-likeness (QED) is 0.744. The van der Waals surface area contributed by atoms with E-state index in [0.717, 1.165) is 11.3 Å². The predicted molar refractivity (Wildman–Crippen MR) is 101 cm³/mol. The molecule has 1 aromatic carbocycles. The summed E-state index contributed by atoms with van der Waals surface area (Å²) >= 11 is 0. The Labute approximate surface area is 151 Å². The number of urea groups is 1. The van der Waals surface area contributed by atoms with Gasteiger partial charge in [-0.15, -0.1) is 0 Å². The van der Waals surface area contributed by atoms with Gasteiger partial charge in [0.1, 0.15) is 5.69 Å². The van der Waals surface area contributed by atoms with E-state index in [1.165, 1.54) is 4.57 Å². The second-order valence-corrected chi connectivity index (χ2v) is 5.92. The molecule has 1 unspecified atom stereocenters. The molecule has 26 heavy (non-hydrogen) atoms. The van der Waals surface area contributed by atoms with Crippen LogP contribution >= 0.6 is 0 Å². The molecule has 0 saturated carbocycles. The zero-order valence-electron chi connectivity index (χ0n) is 14.4. The Hall–Kier alpha value is -3.41. The van der Waals surface area contributed by atoms with E-state index in [9.17, 15) is 9.59 Å². The summed E-state index contributed by atoms with van der Waals surface area (Å²) in [7, 11) is 1.64. The number of nitrogens with one attached hydrogen (secondary N) is 2. The van der Waals surface area contributed by atoms with Crippen molar-refractivity contribution < 1.29 is 4.79 Å². The zero-order chi connectivity index (χ0) is 18.4. The molecule has 2 amide bonds. The van der Waals surface area contributed by atoms with Crippen LogP contribution in [0.5, 0.6) is 0 Å². The van der Waals surface area contributed by atoms with Crippen molar-refractivity contribution in [3.05, 3.63) is 94.7 Å². The number of anilines is 1. The SMILES string of the molecule is Cn1cccc(NC(=O)NC(Cc2ccccn2)c2ccccc2)c1=O. The van der Waals surface area contributed by atoms with Crippen molar-refractivity contribution in [3.63, 3.8) is 0 Å². The average molecular weight is 348 g/mol. The fourth-order valence-electron chi connectivity index (χ4n) is 2.67. The van der Waals surface area contributed by atoms with Crippen molar-refractivity contribution >= 4 is 11.7 Å². The lowest BCUT2D eigenvalue weighted by Crippen LogP contribution is -2.35. The van der Waals surface area contributed by atoms with Gasteiger partial charge in [-0.1, -0.05) is 36.4 Å². The number of benzene rings is 1. The molecular formula is C20H20N4O2. The van der Waals surface area contributed by atoms with Crippen LogP contribution in [0.15, 0.2) is 77.9 Å². The first kappa shape index (κ1) is 17.4. The summed E-state index contributed by atoms with van der Waals surface area (Å²) in [4.78, 5) is 28.9. The fourth-order valence-corrected chi connectivity index (χ4v) is 2.67. The van der Waals surface area contributed by atoms with E-state index in [4.69, 9.17) is 0 Å². The zero-order valence-corrected chi connectivity index (χ0v) is 14.4. The summed E-state index contributed by atoms with van der Waals surface area (Å²) in [6, 6.07) is 18.0. The highest BCUT2D eigenvalue weighted by Crippen LogP contribution is 2.17. The molecule has 0 fully saturated rings. The number of carbonyl (C=O) groups excluding carboxylic acids is 1. The number of aromatic nitrogens is 2. The van der Waals surface area contributed by atoms with Crippen molar-refractivity contribution in [1.29, 1.82) is 0 Å². The van der Waals surface area contributed by atoms with Gasteiger partial charge in [-0.05, 0) is 29.8 Å². The number of rotatable bonds is 5. The standard InChI is InChI=1S/C20H20N4O2/c1-24-13-7-11-17(19(24)25)22-20(26)23-18(15-8-3-2-4-9-15)14-16-10-5-6-12-21-16/h2-13,18H,14H2,1H3,(H2,22,23,26). The smallest absolute Gasteiger partial charge is 0.319 e. The Morgan fingerprint density at radius 3 is 2.58 bits per heavy atom. The van der Waals surface area contributed by atoms with Gasteiger partial charge in [0.15, 0.2) is 0 Å². The lowest BCUT2D eigenvalue weighted by molar-refractivity contribution is 0.248. The lowest BCUT2D eigenvalue weighted by Gasteiger charge is -2.19. The molecule has 0 aliphatic rings. The Bertz CT molecular complexity index is 923. The highest BCUT2D eigenvalue weighted by molar-refractivity contribution is 5.89. The van der Waals surface area contributed by atoms with Crippen molar-refractivity contribution in [3.8, 4) is 0 Å². The molecule has 0 aliphatic heterocycles. The molecule has 2 heterocycles. The van der Waals surface area contributed by atoms with Crippen LogP contribution < -0.4 is 16.2 Å². The number of carbonyl (C=O) groups is 1. The molecule has 2 N–H and O–H groups in total. The molecule has 0 radical (unpaired) electrons. The van der Waals surface area contributed by atoms with Crippen LogP contribution in [0.3, 0.4) is 0 Å².